The Morgan fingerprint density at radius 1 is 1.13 bits per heavy atom. The van der Waals surface area contributed by atoms with E-state index >= 15 is 0 Å². The number of nitrogens with one attached hydrogen (secondary N) is 3. The molecule has 30 heavy (non-hydrogen) atoms. The minimum Gasteiger partial charge on any atom is -0.459 e. The molecule has 0 unspecified atom stereocenters. The number of sulfonamides is 1. The number of hydrogen-bond acceptors (Lipinski definition) is 7. The topological polar surface area (TPSA) is 139 Å². The standard InChI is InChI=1S/C19H24N4O6S/c1-14-4-8-17(9-5-14)30(26,27)22-13-16-7-6-15(29-16)12-21-23-19(25)18(24)20-10-3-11-28-2/h4-9,12,22H,3,10-11,13H2,1-2H3,(H,20,24)(H,23,25)/b21-12+. The first kappa shape index (κ1) is 23.3. The average molecular weight is 436 g/mol. The van der Waals surface area contributed by atoms with E-state index in [1.165, 1.54) is 18.3 Å². The Balaban J connectivity index is 1.81. The number of methoxy groups -OCH3 is 1. The van der Waals surface area contributed by atoms with Crippen molar-refractivity contribution in [3.8, 4) is 0 Å². The van der Waals surface area contributed by atoms with Gasteiger partial charge in [0, 0.05) is 20.3 Å². The molecule has 0 saturated carbocycles. The molecule has 0 saturated heterocycles. The number of benzene rings is 1. The number of aryl methyl sites for hydroxylation is 1. The van der Waals surface area contributed by atoms with Gasteiger partial charge >= 0.3 is 11.8 Å². The largest absolute Gasteiger partial charge is 0.459 e. The summed E-state index contributed by atoms with van der Waals surface area (Å²) in [7, 11) is -2.12. The van der Waals surface area contributed by atoms with Crippen molar-refractivity contribution in [2.24, 2.45) is 5.10 Å². The summed E-state index contributed by atoms with van der Waals surface area (Å²) >= 11 is 0. The quantitative estimate of drug-likeness (QED) is 0.217. The molecule has 3 N–H and O–H groups in total. The Bertz CT molecular complexity index is 983. The highest BCUT2D eigenvalue weighted by atomic mass is 32.2. The van der Waals surface area contributed by atoms with Crippen LogP contribution >= 0.6 is 0 Å². The Hall–Kier alpha value is -3.02. The second kappa shape index (κ2) is 11.2. The van der Waals surface area contributed by atoms with Crippen LogP contribution in [0, 0.1) is 6.92 Å². The third kappa shape index (κ3) is 7.43. The first-order valence-corrected chi connectivity index (χ1v) is 10.6. The van der Waals surface area contributed by atoms with Crippen LogP contribution in [0.5, 0.6) is 0 Å². The predicted octanol–water partition coefficient (Wildman–Crippen LogP) is 0.669. The van der Waals surface area contributed by atoms with Crippen LogP contribution < -0.4 is 15.5 Å². The van der Waals surface area contributed by atoms with Gasteiger partial charge in [0.15, 0.2) is 0 Å². The van der Waals surface area contributed by atoms with Crippen molar-refractivity contribution in [2.75, 3.05) is 20.3 Å². The maximum absolute atomic E-state index is 12.3. The number of carbonyl (C=O) groups excluding carboxylic acids is 2. The molecule has 162 valence electrons. The molecule has 0 atom stereocenters. The normalized spacial score (nSPS) is 11.5. The number of amides is 2. The van der Waals surface area contributed by atoms with E-state index in [9.17, 15) is 18.0 Å². The van der Waals surface area contributed by atoms with Gasteiger partial charge in [0.05, 0.1) is 17.7 Å². The monoisotopic (exact) mass is 436 g/mol. The van der Waals surface area contributed by atoms with Crippen LogP contribution in [0.25, 0.3) is 0 Å². The molecule has 1 aromatic carbocycles. The van der Waals surface area contributed by atoms with Gasteiger partial charge in [0.25, 0.3) is 0 Å². The molecule has 1 heterocycles. The van der Waals surface area contributed by atoms with Crippen LogP contribution in [-0.2, 0) is 30.9 Å². The van der Waals surface area contributed by atoms with Gasteiger partial charge in [-0.2, -0.15) is 5.10 Å². The second-order valence-electron chi connectivity index (χ2n) is 6.24. The first-order chi connectivity index (χ1) is 14.3. The van der Waals surface area contributed by atoms with E-state index in [2.05, 4.69) is 20.6 Å². The number of hydrazone groups is 1. The summed E-state index contributed by atoms with van der Waals surface area (Å²) in [6.45, 7) is 2.60. The van der Waals surface area contributed by atoms with Crippen molar-refractivity contribution in [1.29, 1.82) is 0 Å². The highest BCUT2D eigenvalue weighted by Crippen LogP contribution is 2.12. The van der Waals surface area contributed by atoms with Crippen LogP contribution in [0.2, 0.25) is 0 Å². The molecule has 2 rings (SSSR count). The molecule has 1 aromatic heterocycles. The molecular formula is C19H24N4O6S. The number of rotatable bonds is 10. The Labute approximate surface area is 174 Å². The molecule has 0 spiro atoms. The van der Waals surface area contributed by atoms with Gasteiger partial charge in [0.1, 0.15) is 11.5 Å². The summed E-state index contributed by atoms with van der Waals surface area (Å²) < 4.78 is 37.3. The van der Waals surface area contributed by atoms with Gasteiger partial charge in [-0.05, 0) is 37.6 Å². The maximum Gasteiger partial charge on any atom is 0.329 e. The van der Waals surface area contributed by atoms with Crippen LogP contribution in [-0.4, -0.2) is 46.7 Å². The van der Waals surface area contributed by atoms with E-state index in [4.69, 9.17) is 9.15 Å². The Kier molecular flexibility index (Phi) is 8.71. The maximum atomic E-state index is 12.3. The summed E-state index contributed by atoms with van der Waals surface area (Å²) in [6.07, 6.45) is 1.79. The van der Waals surface area contributed by atoms with E-state index in [0.717, 1.165) is 5.56 Å². The van der Waals surface area contributed by atoms with Gasteiger partial charge in [-0.15, -0.1) is 0 Å². The van der Waals surface area contributed by atoms with Gasteiger partial charge in [-0.3, -0.25) is 9.59 Å². The molecule has 2 aromatic rings. The fourth-order valence-corrected chi connectivity index (χ4v) is 3.22. The van der Waals surface area contributed by atoms with Crippen molar-refractivity contribution >= 4 is 28.1 Å². The highest BCUT2D eigenvalue weighted by molar-refractivity contribution is 7.89. The lowest BCUT2D eigenvalue weighted by Gasteiger charge is -2.05. The van der Waals surface area contributed by atoms with Crippen molar-refractivity contribution in [3.05, 3.63) is 53.5 Å². The van der Waals surface area contributed by atoms with E-state index < -0.39 is 21.8 Å². The zero-order valence-corrected chi connectivity index (χ0v) is 17.5. The number of nitrogens with zero attached hydrogens (tertiary/aromatic N) is 1. The predicted molar refractivity (Wildman–Crippen MR) is 109 cm³/mol. The molecule has 11 heteroatoms. The van der Waals surface area contributed by atoms with E-state index in [0.29, 0.717) is 25.3 Å². The van der Waals surface area contributed by atoms with Crippen LogP contribution in [0.3, 0.4) is 0 Å². The molecule has 0 aliphatic heterocycles. The van der Waals surface area contributed by atoms with Crippen LogP contribution in [0.1, 0.15) is 23.5 Å². The third-order valence-corrected chi connectivity index (χ3v) is 5.24. The van der Waals surface area contributed by atoms with Gasteiger partial charge in [-0.1, -0.05) is 17.7 Å². The van der Waals surface area contributed by atoms with Crippen molar-refractivity contribution in [2.45, 2.75) is 24.8 Å². The summed E-state index contributed by atoms with van der Waals surface area (Å²) in [5.41, 5.74) is 3.04. The van der Waals surface area contributed by atoms with Gasteiger partial charge in [0.2, 0.25) is 10.0 Å². The SMILES string of the molecule is COCCCNC(=O)C(=O)N/N=C/c1ccc(CNS(=O)(=O)c2ccc(C)cc2)o1. The van der Waals surface area contributed by atoms with Crippen molar-refractivity contribution in [3.63, 3.8) is 0 Å². The number of carbonyl (C=O) groups is 2. The summed E-state index contributed by atoms with van der Waals surface area (Å²) in [5, 5.41) is 6.07. The van der Waals surface area contributed by atoms with Crippen LogP contribution in [0.15, 0.2) is 50.8 Å². The zero-order valence-electron chi connectivity index (χ0n) is 16.7. The van der Waals surface area contributed by atoms with Crippen molar-refractivity contribution < 1.29 is 27.2 Å². The molecule has 2 amide bonds. The lowest BCUT2D eigenvalue weighted by molar-refractivity contribution is -0.139. The third-order valence-electron chi connectivity index (χ3n) is 3.83. The van der Waals surface area contributed by atoms with Gasteiger partial charge < -0.3 is 14.5 Å². The Morgan fingerprint density at radius 2 is 1.87 bits per heavy atom. The smallest absolute Gasteiger partial charge is 0.329 e. The molecular weight excluding hydrogens is 412 g/mol. The fourth-order valence-electron chi connectivity index (χ4n) is 2.23. The fraction of sp³-hybridized carbons (Fsp3) is 0.316. The lowest BCUT2D eigenvalue weighted by Crippen LogP contribution is -2.38. The molecule has 10 nitrogen and oxygen atoms in total. The summed E-state index contributed by atoms with van der Waals surface area (Å²) in [5.74, 6) is -1.09. The number of hydrogen-bond donors (Lipinski definition) is 3. The summed E-state index contributed by atoms with van der Waals surface area (Å²) in [6, 6.07) is 9.59. The minimum atomic E-state index is -3.67. The number of furan rings is 1. The average Bonchev–Trinajstić information content (AvgIpc) is 3.17. The van der Waals surface area contributed by atoms with E-state index in [1.807, 2.05) is 6.92 Å². The molecule has 0 aliphatic rings. The lowest BCUT2D eigenvalue weighted by atomic mass is 10.2. The molecule has 0 radical (unpaired) electrons. The first-order valence-electron chi connectivity index (χ1n) is 9.07. The molecule has 0 fully saturated rings. The van der Waals surface area contributed by atoms with Crippen molar-refractivity contribution in [1.82, 2.24) is 15.5 Å². The number of ether oxygens (including phenoxy) is 1. The zero-order chi connectivity index (χ0) is 22.0. The Morgan fingerprint density at radius 3 is 2.57 bits per heavy atom. The molecule has 0 bridgehead atoms. The minimum absolute atomic E-state index is 0.0553. The summed E-state index contributed by atoms with van der Waals surface area (Å²) in [4.78, 5) is 23.3. The highest BCUT2D eigenvalue weighted by Gasteiger charge is 2.14. The van der Waals surface area contributed by atoms with E-state index in [-0.39, 0.29) is 17.2 Å². The van der Waals surface area contributed by atoms with E-state index in [1.54, 1.807) is 31.4 Å². The van der Waals surface area contributed by atoms with Gasteiger partial charge in [-0.25, -0.2) is 18.6 Å². The molecule has 0 aliphatic carbocycles. The van der Waals surface area contributed by atoms with Crippen LogP contribution in [0.4, 0.5) is 0 Å². The second-order valence-corrected chi connectivity index (χ2v) is 8.01.